The molecule has 5 nitrogen and oxygen atoms in total. The number of aromatic amines is 1. The molecule has 1 rings (SSSR count). The average Bonchev–Trinajstić information content (AvgIpc) is 2.35. The first-order valence-corrected chi connectivity index (χ1v) is 2.89. The van der Waals surface area contributed by atoms with Crippen LogP contribution in [0.2, 0.25) is 0 Å². The Hall–Kier alpha value is -1.83. The lowest BCUT2D eigenvalue weighted by atomic mass is 10.6. The normalized spacial score (nSPS) is 8.73. The van der Waals surface area contributed by atoms with Crippen LogP contribution in [0, 0.1) is 19.3 Å². The molecule has 0 unspecified atom stereocenters. The number of H-pyrrole nitrogens is 1. The number of aromatic nitrogens is 3. The van der Waals surface area contributed by atoms with Crippen molar-refractivity contribution >= 4 is 11.9 Å². The fourth-order valence-electron chi connectivity index (χ4n) is 0.536. The van der Waals surface area contributed by atoms with E-state index in [1.54, 1.807) is 6.92 Å². The van der Waals surface area contributed by atoms with Crippen LogP contribution in [0.5, 0.6) is 0 Å². The summed E-state index contributed by atoms with van der Waals surface area (Å²) < 4.78 is 0. The molecule has 1 amide bonds. The van der Waals surface area contributed by atoms with E-state index < -0.39 is 5.91 Å². The summed E-state index contributed by atoms with van der Waals surface area (Å²) in [5.74, 6) is 2.15. The first-order chi connectivity index (χ1) is 5.22. The summed E-state index contributed by atoms with van der Waals surface area (Å²) in [5, 5.41) is 8.48. The van der Waals surface area contributed by atoms with Gasteiger partial charge in [0.25, 0.3) is 0 Å². The number of hydrogen-bond donors (Lipinski definition) is 2. The molecule has 0 aliphatic rings. The van der Waals surface area contributed by atoms with Gasteiger partial charge in [-0.2, -0.15) is 4.98 Å². The quantitative estimate of drug-likeness (QED) is 0.539. The molecule has 0 atom stereocenters. The highest BCUT2D eigenvalue weighted by Gasteiger charge is 2.00. The lowest BCUT2D eigenvalue weighted by Gasteiger charge is -1.89. The molecule has 0 aliphatic heterocycles. The van der Waals surface area contributed by atoms with E-state index in [9.17, 15) is 4.79 Å². The largest absolute Gasteiger partial charge is 0.302 e. The summed E-state index contributed by atoms with van der Waals surface area (Å²) in [6.07, 6.45) is 4.80. The van der Waals surface area contributed by atoms with Crippen molar-refractivity contribution in [3.63, 3.8) is 0 Å². The minimum absolute atomic E-state index is 0.199. The Labute approximate surface area is 63.2 Å². The van der Waals surface area contributed by atoms with Gasteiger partial charge in [0.15, 0.2) is 0 Å². The molecule has 1 aromatic heterocycles. The number of carbonyl (C=O) groups excluding carboxylic acids is 1. The van der Waals surface area contributed by atoms with Gasteiger partial charge in [-0.3, -0.25) is 15.2 Å². The fourth-order valence-corrected chi connectivity index (χ4v) is 0.536. The van der Waals surface area contributed by atoms with E-state index in [1.165, 1.54) is 0 Å². The van der Waals surface area contributed by atoms with Crippen LogP contribution in [0.15, 0.2) is 0 Å². The Balaban J connectivity index is 2.66. The maximum Gasteiger partial charge on any atom is 0.302 e. The molecule has 1 heterocycles. The van der Waals surface area contributed by atoms with E-state index >= 15 is 0 Å². The van der Waals surface area contributed by atoms with Crippen LogP contribution in [0.25, 0.3) is 0 Å². The van der Waals surface area contributed by atoms with Gasteiger partial charge >= 0.3 is 5.91 Å². The van der Waals surface area contributed by atoms with Crippen LogP contribution in [0.3, 0.4) is 0 Å². The minimum atomic E-state index is -0.552. The molecule has 11 heavy (non-hydrogen) atoms. The van der Waals surface area contributed by atoms with Crippen LogP contribution in [-0.2, 0) is 4.79 Å². The van der Waals surface area contributed by atoms with E-state index in [4.69, 9.17) is 6.42 Å². The van der Waals surface area contributed by atoms with Gasteiger partial charge in [-0.25, -0.2) is 0 Å². The van der Waals surface area contributed by atoms with Crippen molar-refractivity contribution in [2.75, 3.05) is 5.32 Å². The van der Waals surface area contributed by atoms with Crippen molar-refractivity contribution < 1.29 is 4.79 Å². The molecule has 0 saturated heterocycles. The summed E-state index contributed by atoms with van der Waals surface area (Å²) in [4.78, 5) is 14.4. The van der Waals surface area contributed by atoms with Crippen LogP contribution in [0.1, 0.15) is 5.82 Å². The van der Waals surface area contributed by atoms with Gasteiger partial charge in [-0.1, -0.05) is 0 Å². The zero-order chi connectivity index (χ0) is 8.27. The third-order valence-electron chi connectivity index (χ3n) is 0.954. The second-order valence-electron chi connectivity index (χ2n) is 1.84. The average molecular weight is 150 g/mol. The van der Waals surface area contributed by atoms with Crippen molar-refractivity contribution in [1.82, 2.24) is 15.2 Å². The Morgan fingerprint density at radius 1 is 1.82 bits per heavy atom. The highest BCUT2D eigenvalue weighted by atomic mass is 16.1. The van der Waals surface area contributed by atoms with E-state index in [0.29, 0.717) is 5.82 Å². The van der Waals surface area contributed by atoms with Crippen molar-refractivity contribution in [1.29, 1.82) is 0 Å². The maximum atomic E-state index is 10.5. The van der Waals surface area contributed by atoms with Gasteiger partial charge in [0.2, 0.25) is 5.95 Å². The molecule has 0 bridgehead atoms. The third kappa shape index (κ3) is 1.79. The molecule has 1 aromatic rings. The molecular weight excluding hydrogens is 144 g/mol. The predicted octanol–water partition coefficient (Wildman–Crippen LogP) is -0.315. The highest BCUT2D eigenvalue weighted by Crippen LogP contribution is 1.95. The van der Waals surface area contributed by atoms with Crippen molar-refractivity contribution in [2.45, 2.75) is 6.92 Å². The van der Waals surface area contributed by atoms with Gasteiger partial charge < -0.3 is 0 Å². The Kier molecular flexibility index (Phi) is 1.88. The molecule has 0 saturated carbocycles. The molecule has 0 aliphatic carbocycles. The number of amides is 1. The summed E-state index contributed by atoms with van der Waals surface area (Å²) in [6.45, 7) is 1.72. The fraction of sp³-hybridized carbons (Fsp3) is 0.167. The van der Waals surface area contributed by atoms with E-state index in [-0.39, 0.29) is 5.95 Å². The standard InChI is InChI=1S/C6H6N4O/c1-3-5(11)8-6-7-4(2)9-10-6/h1H,2H3,(H2,7,8,9,10,11). The summed E-state index contributed by atoms with van der Waals surface area (Å²) in [7, 11) is 0. The smallest absolute Gasteiger partial charge is 0.282 e. The number of terminal acetylenes is 1. The number of nitrogens with zero attached hydrogens (tertiary/aromatic N) is 2. The Bertz CT molecular complexity index is 309. The van der Waals surface area contributed by atoms with E-state index in [1.807, 2.05) is 5.92 Å². The molecule has 2 N–H and O–H groups in total. The second-order valence-corrected chi connectivity index (χ2v) is 1.84. The van der Waals surface area contributed by atoms with Crippen molar-refractivity contribution in [2.24, 2.45) is 0 Å². The van der Waals surface area contributed by atoms with Gasteiger partial charge in [-0.15, -0.1) is 11.5 Å². The lowest BCUT2D eigenvalue weighted by Crippen LogP contribution is -2.09. The molecule has 0 fully saturated rings. The Morgan fingerprint density at radius 2 is 2.55 bits per heavy atom. The summed E-state index contributed by atoms with van der Waals surface area (Å²) in [5.41, 5.74) is 0. The van der Waals surface area contributed by atoms with Crippen LogP contribution >= 0.6 is 0 Å². The Morgan fingerprint density at radius 3 is 3.00 bits per heavy atom. The monoisotopic (exact) mass is 150 g/mol. The molecule has 0 spiro atoms. The van der Waals surface area contributed by atoms with Crippen LogP contribution in [-0.4, -0.2) is 21.1 Å². The summed E-state index contributed by atoms with van der Waals surface area (Å²) >= 11 is 0. The zero-order valence-corrected chi connectivity index (χ0v) is 5.88. The highest BCUT2D eigenvalue weighted by molar-refractivity contribution is 6.02. The predicted molar refractivity (Wildman–Crippen MR) is 38.6 cm³/mol. The molecule has 0 radical (unpaired) electrons. The maximum absolute atomic E-state index is 10.5. The zero-order valence-electron chi connectivity index (χ0n) is 5.88. The molecule has 0 aromatic carbocycles. The second kappa shape index (κ2) is 2.84. The number of aryl methyl sites for hydroxylation is 1. The van der Waals surface area contributed by atoms with Gasteiger partial charge in [0, 0.05) is 0 Å². The molecule has 5 heteroatoms. The number of hydrogen-bond acceptors (Lipinski definition) is 3. The first kappa shape index (κ1) is 7.28. The topological polar surface area (TPSA) is 70.7 Å². The van der Waals surface area contributed by atoms with Crippen molar-refractivity contribution in [3.8, 4) is 12.3 Å². The van der Waals surface area contributed by atoms with Crippen LogP contribution < -0.4 is 5.32 Å². The number of carbonyl (C=O) groups is 1. The summed E-state index contributed by atoms with van der Waals surface area (Å²) in [6, 6.07) is 0. The van der Waals surface area contributed by atoms with Gasteiger partial charge in [0.05, 0.1) is 0 Å². The molecular formula is C6H6N4O. The van der Waals surface area contributed by atoms with Crippen molar-refractivity contribution in [3.05, 3.63) is 5.82 Å². The SMILES string of the molecule is C#CC(=O)Nc1n[nH]c(C)n1. The van der Waals surface area contributed by atoms with E-state index in [0.717, 1.165) is 0 Å². The number of anilines is 1. The van der Waals surface area contributed by atoms with Gasteiger partial charge in [0.1, 0.15) is 5.82 Å². The number of rotatable bonds is 1. The first-order valence-electron chi connectivity index (χ1n) is 2.89. The van der Waals surface area contributed by atoms with E-state index in [2.05, 4.69) is 20.5 Å². The van der Waals surface area contributed by atoms with Crippen LogP contribution in [0.4, 0.5) is 5.95 Å². The van der Waals surface area contributed by atoms with Gasteiger partial charge in [-0.05, 0) is 12.8 Å². The number of nitrogens with one attached hydrogen (secondary N) is 2. The molecule has 56 valence electrons. The third-order valence-corrected chi connectivity index (χ3v) is 0.954. The minimum Gasteiger partial charge on any atom is -0.282 e. The lowest BCUT2D eigenvalue weighted by molar-refractivity contribution is -0.111.